The van der Waals surface area contributed by atoms with E-state index in [1.165, 1.54) is 16.3 Å². The number of nitrogens with one attached hydrogen (secondary N) is 1. The second kappa shape index (κ2) is 11.0. The third-order valence-corrected chi connectivity index (χ3v) is 6.15. The number of para-hydroxylation sites is 1. The minimum atomic E-state index is -0.278. The van der Waals surface area contributed by atoms with Gasteiger partial charge in [-0.15, -0.1) is 10.2 Å². The van der Waals surface area contributed by atoms with Gasteiger partial charge in [0.15, 0.2) is 5.16 Å². The van der Waals surface area contributed by atoms with Gasteiger partial charge in [0, 0.05) is 19.0 Å². The molecule has 0 saturated heterocycles. The van der Waals surface area contributed by atoms with Gasteiger partial charge in [0.1, 0.15) is 5.75 Å². The fraction of sp³-hybridized carbons (Fsp3) is 0.292. The van der Waals surface area contributed by atoms with Crippen molar-refractivity contribution in [3.63, 3.8) is 0 Å². The van der Waals surface area contributed by atoms with Crippen LogP contribution in [0.1, 0.15) is 19.8 Å². The molecule has 11 heteroatoms. The number of nitrogens with zero attached hydrogens (tertiary/aromatic N) is 4. The number of benzene rings is 2. The number of hydrogen-bond donors (Lipinski definition) is 1. The summed E-state index contributed by atoms with van der Waals surface area (Å²) in [7, 11) is 1.56. The zero-order chi connectivity index (χ0) is 24.8. The molecule has 4 rings (SSSR count). The Bertz CT molecular complexity index is 1430. The summed E-state index contributed by atoms with van der Waals surface area (Å²) in [6.45, 7) is 2.47. The highest BCUT2D eigenvalue weighted by Gasteiger charge is 2.19. The molecule has 10 nitrogen and oxygen atoms in total. The molecular formula is C24H25N5O5S. The first-order valence-electron chi connectivity index (χ1n) is 11.1. The van der Waals surface area contributed by atoms with Gasteiger partial charge in [0.25, 0.3) is 5.56 Å². The van der Waals surface area contributed by atoms with E-state index in [-0.39, 0.29) is 29.6 Å². The van der Waals surface area contributed by atoms with Crippen LogP contribution in [-0.2, 0) is 14.3 Å². The molecule has 2 aromatic carbocycles. The van der Waals surface area contributed by atoms with E-state index in [1.807, 2.05) is 12.1 Å². The van der Waals surface area contributed by atoms with Crippen molar-refractivity contribution in [1.29, 1.82) is 0 Å². The number of amides is 1. The van der Waals surface area contributed by atoms with Crippen molar-refractivity contribution in [2.45, 2.75) is 24.9 Å². The fourth-order valence-electron chi connectivity index (χ4n) is 3.63. The molecule has 1 amide bonds. The van der Waals surface area contributed by atoms with E-state index in [1.54, 1.807) is 54.8 Å². The number of esters is 1. The molecule has 182 valence electrons. The van der Waals surface area contributed by atoms with Crippen molar-refractivity contribution in [1.82, 2.24) is 24.5 Å². The fourth-order valence-corrected chi connectivity index (χ4v) is 4.40. The van der Waals surface area contributed by atoms with E-state index in [9.17, 15) is 14.4 Å². The van der Waals surface area contributed by atoms with Crippen LogP contribution >= 0.6 is 11.8 Å². The molecule has 0 aliphatic rings. The van der Waals surface area contributed by atoms with E-state index < -0.39 is 0 Å². The molecule has 4 aromatic rings. The molecule has 2 heterocycles. The number of methoxy groups -OCH3 is 1. The molecule has 0 fully saturated rings. The van der Waals surface area contributed by atoms with Crippen molar-refractivity contribution in [3.8, 4) is 11.4 Å². The third kappa shape index (κ3) is 5.29. The zero-order valence-electron chi connectivity index (χ0n) is 19.4. The van der Waals surface area contributed by atoms with E-state index >= 15 is 0 Å². The lowest BCUT2D eigenvalue weighted by atomic mass is 10.2. The summed E-state index contributed by atoms with van der Waals surface area (Å²) in [6.07, 6.45) is 0.754. The smallest absolute Gasteiger partial charge is 0.305 e. The van der Waals surface area contributed by atoms with Gasteiger partial charge in [-0.1, -0.05) is 30.0 Å². The Hall–Kier alpha value is -3.86. The summed E-state index contributed by atoms with van der Waals surface area (Å²) in [6, 6.07) is 14.3. The van der Waals surface area contributed by atoms with Gasteiger partial charge >= 0.3 is 5.97 Å². The number of ether oxygens (including phenoxy) is 2. The van der Waals surface area contributed by atoms with Crippen LogP contribution in [0.15, 0.2) is 58.5 Å². The van der Waals surface area contributed by atoms with Crippen molar-refractivity contribution >= 4 is 40.3 Å². The number of hydrogen-bond acceptors (Lipinski definition) is 8. The van der Waals surface area contributed by atoms with Crippen LogP contribution in [0, 0.1) is 0 Å². The highest BCUT2D eigenvalue weighted by atomic mass is 32.2. The number of fused-ring (bicyclic) bond motifs is 3. The molecule has 0 spiro atoms. The number of carbonyl (C=O) groups excluding carboxylic acids is 2. The predicted molar refractivity (Wildman–Crippen MR) is 132 cm³/mol. The van der Waals surface area contributed by atoms with Gasteiger partial charge in [-0.25, -0.2) is 4.57 Å². The van der Waals surface area contributed by atoms with E-state index in [4.69, 9.17) is 9.47 Å². The molecule has 0 radical (unpaired) electrons. The highest BCUT2D eigenvalue weighted by Crippen LogP contribution is 2.24. The van der Waals surface area contributed by atoms with Crippen molar-refractivity contribution in [2.75, 3.05) is 26.0 Å². The predicted octanol–water partition coefficient (Wildman–Crippen LogP) is 2.59. The summed E-state index contributed by atoms with van der Waals surface area (Å²) < 4.78 is 13.5. The molecule has 2 aromatic heterocycles. The maximum absolute atomic E-state index is 13.4. The van der Waals surface area contributed by atoms with Gasteiger partial charge in [0.05, 0.1) is 36.1 Å². The maximum atomic E-state index is 13.4. The first kappa shape index (κ1) is 24.3. The zero-order valence-corrected chi connectivity index (χ0v) is 20.2. The quantitative estimate of drug-likeness (QED) is 0.203. The molecule has 0 bridgehead atoms. The first-order valence-corrected chi connectivity index (χ1v) is 12.1. The molecule has 0 aliphatic heterocycles. The minimum absolute atomic E-state index is 0.104. The lowest BCUT2D eigenvalue weighted by Gasteiger charge is -2.12. The molecule has 0 unspecified atom stereocenters. The Balaban J connectivity index is 1.60. The van der Waals surface area contributed by atoms with Crippen LogP contribution in [0.5, 0.6) is 5.75 Å². The maximum Gasteiger partial charge on any atom is 0.305 e. The van der Waals surface area contributed by atoms with Gasteiger partial charge in [-0.3, -0.25) is 18.8 Å². The van der Waals surface area contributed by atoms with Crippen LogP contribution in [0.2, 0.25) is 0 Å². The van der Waals surface area contributed by atoms with Crippen LogP contribution in [-0.4, -0.2) is 57.1 Å². The standard InChI is InChI=1S/C24H25N5O5S/c1-3-34-21(31)12-7-13-25-20(30)15-35-24-27-26-23-28(16-8-6-9-17(14-16)33-2)22(32)18-10-4-5-11-19(18)29(23)24/h4-6,8-11,14H,3,7,12-13,15H2,1-2H3,(H,25,30). The lowest BCUT2D eigenvalue weighted by molar-refractivity contribution is -0.143. The summed E-state index contributed by atoms with van der Waals surface area (Å²) in [5.74, 6) is 0.571. The second-order valence-electron chi connectivity index (χ2n) is 7.52. The van der Waals surface area contributed by atoms with E-state index in [0.717, 1.165) is 0 Å². The average molecular weight is 496 g/mol. The van der Waals surface area contributed by atoms with Crippen LogP contribution in [0.4, 0.5) is 0 Å². The SMILES string of the molecule is CCOC(=O)CCCNC(=O)CSc1nnc2n(-c3cccc(OC)c3)c(=O)c3ccccc3n12. The number of rotatable bonds is 10. The van der Waals surface area contributed by atoms with Gasteiger partial charge in [-0.2, -0.15) is 0 Å². The summed E-state index contributed by atoms with van der Waals surface area (Å²) in [4.78, 5) is 37.1. The van der Waals surface area contributed by atoms with Gasteiger partial charge in [-0.05, 0) is 37.6 Å². The minimum Gasteiger partial charge on any atom is -0.497 e. The first-order chi connectivity index (χ1) is 17.0. The van der Waals surface area contributed by atoms with E-state index in [2.05, 4.69) is 15.5 Å². The lowest BCUT2D eigenvalue weighted by Crippen LogP contribution is -2.26. The Morgan fingerprint density at radius 2 is 1.94 bits per heavy atom. The monoisotopic (exact) mass is 495 g/mol. The Labute approximate surface area is 205 Å². The summed E-state index contributed by atoms with van der Waals surface area (Å²) in [5, 5.41) is 12.3. The van der Waals surface area contributed by atoms with E-state index in [0.29, 0.717) is 52.8 Å². The summed E-state index contributed by atoms with van der Waals surface area (Å²) in [5.41, 5.74) is 1.01. The average Bonchev–Trinajstić information content (AvgIpc) is 3.29. The Kier molecular flexibility index (Phi) is 7.66. The van der Waals surface area contributed by atoms with Crippen LogP contribution in [0.25, 0.3) is 22.4 Å². The normalized spacial score (nSPS) is 11.0. The van der Waals surface area contributed by atoms with Crippen LogP contribution < -0.4 is 15.6 Å². The van der Waals surface area contributed by atoms with Gasteiger partial charge in [0.2, 0.25) is 11.7 Å². The van der Waals surface area contributed by atoms with Crippen molar-refractivity contribution < 1.29 is 19.1 Å². The number of aromatic nitrogens is 4. The molecule has 0 saturated carbocycles. The highest BCUT2D eigenvalue weighted by molar-refractivity contribution is 7.99. The molecule has 0 aliphatic carbocycles. The largest absolute Gasteiger partial charge is 0.497 e. The summed E-state index contributed by atoms with van der Waals surface area (Å²) >= 11 is 1.22. The Morgan fingerprint density at radius 3 is 2.74 bits per heavy atom. The third-order valence-electron chi connectivity index (χ3n) is 5.22. The molecule has 35 heavy (non-hydrogen) atoms. The van der Waals surface area contributed by atoms with Gasteiger partial charge < -0.3 is 14.8 Å². The van der Waals surface area contributed by atoms with Crippen molar-refractivity contribution in [2.24, 2.45) is 0 Å². The Morgan fingerprint density at radius 1 is 1.11 bits per heavy atom. The molecular weight excluding hydrogens is 470 g/mol. The van der Waals surface area contributed by atoms with Crippen LogP contribution in [0.3, 0.4) is 0 Å². The number of thioether (sulfide) groups is 1. The number of carbonyl (C=O) groups is 2. The topological polar surface area (TPSA) is 117 Å². The molecule has 1 N–H and O–H groups in total. The molecule has 0 atom stereocenters. The second-order valence-corrected chi connectivity index (χ2v) is 8.47. The van der Waals surface area contributed by atoms with Crippen molar-refractivity contribution in [3.05, 3.63) is 58.9 Å².